The van der Waals surface area contributed by atoms with Gasteiger partial charge in [0.2, 0.25) is 0 Å². The minimum atomic E-state index is -2.88. The van der Waals surface area contributed by atoms with Crippen molar-refractivity contribution >= 4 is 0 Å². The SMILES string of the molecule is Fc1ccc(C(F)(F)CC2CCCN2)cc1. The standard InChI is InChI=1S/C12H14F3N/c13-10-5-3-9(4-6-10)12(14,15)8-11-2-1-7-16-11/h3-6,11,16H,1-2,7-8H2. The van der Waals surface area contributed by atoms with Gasteiger partial charge in [0.25, 0.3) is 5.92 Å². The molecule has 0 radical (unpaired) electrons. The summed E-state index contributed by atoms with van der Waals surface area (Å²) in [5, 5.41) is 3.04. The quantitative estimate of drug-likeness (QED) is 0.840. The largest absolute Gasteiger partial charge is 0.314 e. The van der Waals surface area contributed by atoms with Gasteiger partial charge in [-0.2, -0.15) is 0 Å². The average Bonchev–Trinajstić information content (AvgIpc) is 2.70. The van der Waals surface area contributed by atoms with Crippen molar-refractivity contribution in [2.24, 2.45) is 0 Å². The van der Waals surface area contributed by atoms with E-state index in [0.717, 1.165) is 43.7 Å². The number of hydrogen-bond acceptors (Lipinski definition) is 1. The highest BCUT2D eigenvalue weighted by Gasteiger charge is 2.35. The summed E-state index contributed by atoms with van der Waals surface area (Å²) in [6.07, 6.45) is 1.53. The van der Waals surface area contributed by atoms with Crippen LogP contribution in [0.2, 0.25) is 0 Å². The zero-order valence-corrected chi connectivity index (χ0v) is 8.85. The molecule has 88 valence electrons. The Morgan fingerprint density at radius 1 is 1.25 bits per heavy atom. The molecular formula is C12H14F3N. The van der Waals surface area contributed by atoms with E-state index in [1.807, 2.05) is 0 Å². The molecule has 1 unspecified atom stereocenters. The van der Waals surface area contributed by atoms with Gasteiger partial charge in [-0.3, -0.25) is 0 Å². The molecule has 2 rings (SSSR count). The molecule has 1 nitrogen and oxygen atoms in total. The van der Waals surface area contributed by atoms with Gasteiger partial charge in [-0.1, -0.05) is 12.1 Å². The van der Waals surface area contributed by atoms with Crippen LogP contribution in [0.1, 0.15) is 24.8 Å². The van der Waals surface area contributed by atoms with E-state index >= 15 is 0 Å². The second kappa shape index (κ2) is 4.45. The topological polar surface area (TPSA) is 12.0 Å². The lowest BCUT2D eigenvalue weighted by Crippen LogP contribution is -2.29. The molecule has 4 heteroatoms. The maximum Gasteiger partial charge on any atom is 0.274 e. The fraction of sp³-hybridized carbons (Fsp3) is 0.500. The molecule has 0 bridgehead atoms. The molecule has 1 N–H and O–H groups in total. The number of halogens is 3. The van der Waals surface area contributed by atoms with Gasteiger partial charge in [0.15, 0.2) is 0 Å². The molecule has 0 aliphatic carbocycles. The van der Waals surface area contributed by atoms with Crippen LogP contribution < -0.4 is 5.32 Å². The minimum Gasteiger partial charge on any atom is -0.314 e. The van der Waals surface area contributed by atoms with E-state index in [1.54, 1.807) is 0 Å². The van der Waals surface area contributed by atoms with Crippen LogP contribution >= 0.6 is 0 Å². The van der Waals surface area contributed by atoms with Crippen molar-refractivity contribution in [2.45, 2.75) is 31.2 Å². The molecule has 1 aliphatic rings. The number of benzene rings is 1. The Bertz CT molecular complexity index is 342. The molecule has 0 aromatic heterocycles. The van der Waals surface area contributed by atoms with Gasteiger partial charge >= 0.3 is 0 Å². The van der Waals surface area contributed by atoms with Gasteiger partial charge in [0, 0.05) is 18.0 Å². The fourth-order valence-electron chi connectivity index (χ4n) is 2.05. The van der Waals surface area contributed by atoms with Crippen LogP contribution in [0, 0.1) is 5.82 Å². The first-order valence-corrected chi connectivity index (χ1v) is 5.45. The van der Waals surface area contributed by atoms with Crippen molar-refractivity contribution in [3.05, 3.63) is 35.6 Å². The highest BCUT2D eigenvalue weighted by molar-refractivity contribution is 5.21. The third-order valence-electron chi connectivity index (χ3n) is 2.93. The number of nitrogens with one attached hydrogen (secondary N) is 1. The lowest BCUT2D eigenvalue weighted by molar-refractivity contribution is -0.0213. The first kappa shape index (κ1) is 11.5. The number of rotatable bonds is 3. The van der Waals surface area contributed by atoms with Gasteiger partial charge < -0.3 is 5.32 Å². The zero-order valence-electron chi connectivity index (χ0n) is 8.85. The lowest BCUT2D eigenvalue weighted by Gasteiger charge is -2.20. The Labute approximate surface area is 92.7 Å². The van der Waals surface area contributed by atoms with Crippen molar-refractivity contribution in [1.82, 2.24) is 5.32 Å². The van der Waals surface area contributed by atoms with Crippen LogP contribution in [-0.2, 0) is 5.92 Å². The van der Waals surface area contributed by atoms with Crippen molar-refractivity contribution in [1.29, 1.82) is 0 Å². The smallest absolute Gasteiger partial charge is 0.274 e. The maximum atomic E-state index is 13.8. The van der Waals surface area contributed by atoms with Crippen molar-refractivity contribution in [3.8, 4) is 0 Å². The Morgan fingerprint density at radius 2 is 1.94 bits per heavy atom. The van der Waals surface area contributed by atoms with Gasteiger partial charge in [-0.25, -0.2) is 13.2 Å². The van der Waals surface area contributed by atoms with Crippen LogP contribution in [0.5, 0.6) is 0 Å². The summed E-state index contributed by atoms with van der Waals surface area (Å²) in [7, 11) is 0. The molecule has 0 spiro atoms. The fourth-order valence-corrected chi connectivity index (χ4v) is 2.05. The van der Waals surface area contributed by atoms with Crippen molar-refractivity contribution in [2.75, 3.05) is 6.54 Å². The molecule has 1 aromatic carbocycles. The number of hydrogen-bond donors (Lipinski definition) is 1. The molecule has 1 saturated heterocycles. The second-order valence-electron chi connectivity index (χ2n) is 4.21. The average molecular weight is 229 g/mol. The summed E-state index contributed by atoms with van der Waals surface area (Å²) in [5.41, 5.74) is -0.109. The molecular weight excluding hydrogens is 215 g/mol. The normalized spacial score (nSPS) is 21.3. The van der Waals surface area contributed by atoms with Crippen molar-refractivity contribution < 1.29 is 13.2 Å². The van der Waals surface area contributed by atoms with Crippen LogP contribution in [0.4, 0.5) is 13.2 Å². The van der Waals surface area contributed by atoms with Crippen LogP contribution in [0.15, 0.2) is 24.3 Å². The molecule has 1 aromatic rings. The van der Waals surface area contributed by atoms with E-state index in [1.165, 1.54) is 0 Å². The zero-order chi connectivity index (χ0) is 11.6. The molecule has 16 heavy (non-hydrogen) atoms. The molecule has 0 saturated carbocycles. The Morgan fingerprint density at radius 3 is 2.50 bits per heavy atom. The van der Waals surface area contributed by atoms with Crippen molar-refractivity contribution in [3.63, 3.8) is 0 Å². The van der Waals surface area contributed by atoms with E-state index in [-0.39, 0.29) is 18.0 Å². The Hall–Kier alpha value is -1.03. The Kier molecular flexibility index (Phi) is 3.19. The first-order chi connectivity index (χ1) is 7.58. The summed E-state index contributed by atoms with van der Waals surface area (Å²) in [5.74, 6) is -3.37. The highest BCUT2D eigenvalue weighted by Crippen LogP contribution is 2.34. The van der Waals surface area contributed by atoms with E-state index in [4.69, 9.17) is 0 Å². The highest BCUT2D eigenvalue weighted by atomic mass is 19.3. The number of alkyl halides is 2. The molecule has 0 amide bonds. The van der Waals surface area contributed by atoms with E-state index in [0.29, 0.717) is 0 Å². The maximum absolute atomic E-state index is 13.8. The lowest BCUT2D eigenvalue weighted by atomic mass is 10.00. The van der Waals surface area contributed by atoms with E-state index in [9.17, 15) is 13.2 Å². The van der Waals surface area contributed by atoms with Gasteiger partial charge in [-0.05, 0) is 31.5 Å². The minimum absolute atomic E-state index is 0.109. The summed E-state index contributed by atoms with van der Waals surface area (Å²) >= 11 is 0. The summed E-state index contributed by atoms with van der Waals surface area (Å²) < 4.78 is 40.2. The Balaban J connectivity index is 2.07. The predicted octanol–water partition coefficient (Wildman–Crippen LogP) is 3.06. The molecule has 1 atom stereocenters. The van der Waals surface area contributed by atoms with Crippen LogP contribution in [0.25, 0.3) is 0 Å². The van der Waals surface area contributed by atoms with Gasteiger partial charge in [0.05, 0.1) is 0 Å². The van der Waals surface area contributed by atoms with Gasteiger partial charge in [-0.15, -0.1) is 0 Å². The third-order valence-corrected chi connectivity index (χ3v) is 2.93. The predicted molar refractivity (Wildman–Crippen MR) is 55.9 cm³/mol. The summed E-state index contributed by atoms with van der Waals surface area (Å²) in [4.78, 5) is 0. The second-order valence-corrected chi connectivity index (χ2v) is 4.21. The molecule has 1 fully saturated rings. The molecule has 1 aliphatic heterocycles. The summed E-state index contributed by atoms with van der Waals surface area (Å²) in [6, 6.07) is 4.34. The van der Waals surface area contributed by atoms with Gasteiger partial charge in [0.1, 0.15) is 5.82 Å². The van der Waals surface area contributed by atoms with Crippen LogP contribution in [0.3, 0.4) is 0 Å². The molecule has 1 heterocycles. The summed E-state index contributed by atoms with van der Waals surface area (Å²) in [6.45, 7) is 0.810. The first-order valence-electron chi connectivity index (χ1n) is 5.45. The third kappa shape index (κ3) is 2.55. The monoisotopic (exact) mass is 229 g/mol. The van der Waals surface area contributed by atoms with E-state index < -0.39 is 11.7 Å². The van der Waals surface area contributed by atoms with Crippen LogP contribution in [-0.4, -0.2) is 12.6 Å². The van der Waals surface area contributed by atoms with E-state index in [2.05, 4.69) is 5.32 Å².